The molecule has 0 heterocycles. The Bertz CT molecular complexity index is 782. The summed E-state index contributed by atoms with van der Waals surface area (Å²) in [6.07, 6.45) is 0.806. The Balaban J connectivity index is 2.15. The van der Waals surface area contributed by atoms with E-state index in [1.54, 1.807) is 49.4 Å². The molecule has 0 atom stereocenters. The highest BCUT2D eigenvalue weighted by atomic mass is 35.5. The van der Waals surface area contributed by atoms with E-state index in [2.05, 4.69) is 10.2 Å². The third-order valence-electron chi connectivity index (χ3n) is 3.45. The fourth-order valence-electron chi connectivity index (χ4n) is 2.14. The van der Waals surface area contributed by atoms with Gasteiger partial charge < -0.3 is 0 Å². The summed E-state index contributed by atoms with van der Waals surface area (Å²) in [7, 11) is 0. The SMILES string of the molecule is CC/C(=N/N=C(/C)Cc1ccccc1F)C(=O)c1ccc(Cl)cc1. The summed E-state index contributed by atoms with van der Waals surface area (Å²) in [6, 6.07) is 13.2. The van der Waals surface area contributed by atoms with Crippen molar-refractivity contribution in [3.8, 4) is 0 Å². The van der Waals surface area contributed by atoms with E-state index in [1.165, 1.54) is 6.07 Å². The molecule has 0 spiro atoms. The van der Waals surface area contributed by atoms with Gasteiger partial charge in [-0.1, -0.05) is 36.7 Å². The molecule has 0 N–H and O–H groups in total. The number of carbonyl (C=O) groups excluding carboxylic acids is 1. The second-order valence-corrected chi connectivity index (χ2v) is 5.78. The third-order valence-corrected chi connectivity index (χ3v) is 3.70. The van der Waals surface area contributed by atoms with Crippen LogP contribution < -0.4 is 0 Å². The van der Waals surface area contributed by atoms with Crippen LogP contribution >= 0.6 is 11.6 Å². The average Bonchev–Trinajstić information content (AvgIpc) is 2.58. The summed E-state index contributed by atoms with van der Waals surface area (Å²) in [5.74, 6) is -0.458. The van der Waals surface area contributed by atoms with E-state index in [0.29, 0.717) is 40.4 Å². The van der Waals surface area contributed by atoms with Gasteiger partial charge in [0, 0.05) is 22.7 Å². The van der Waals surface area contributed by atoms with Gasteiger partial charge in [0.05, 0.1) is 0 Å². The van der Waals surface area contributed by atoms with Crippen molar-refractivity contribution < 1.29 is 9.18 Å². The molecule has 2 rings (SSSR count). The first-order valence-electron chi connectivity index (χ1n) is 7.65. The van der Waals surface area contributed by atoms with E-state index in [4.69, 9.17) is 11.6 Å². The zero-order valence-corrected chi connectivity index (χ0v) is 14.3. The van der Waals surface area contributed by atoms with Gasteiger partial charge in [-0.3, -0.25) is 4.79 Å². The maximum Gasteiger partial charge on any atom is 0.209 e. The fourth-order valence-corrected chi connectivity index (χ4v) is 2.27. The molecule has 2 aromatic carbocycles. The molecule has 0 unspecified atom stereocenters. The zero-order chi connectivity index (χ0) is 17.5. The van der Waals surface area contributed by atoms with Gasteiger partial charge in [0.15, 0.2) is 0 Å². The Labute approximate surface area is 145 Å². The van der Waals surface area contributed by atoms with Crippen LogP contribution in [0.2, 0.25) is 5.02 Å². The van der Waals surface area contributed by atoms with Crippen molar-refractivity contribution in [3.63, 3.8) is 0 Å². The van der Waals surface area contributed by atoms with Crippen molar-refractivity contribution >= 4 is 28.8 Å². The standard InChI is InChI=1S/C19H18ClFN2O/c1-3-18(19(24)14-8-10-16(20)11-9-14)23-22-13(2)12-15-6-4-5-7-17(15)21/h4-11H,3,12H2,1-2H3/b22-13-,23-18-. The van der Waals surface area contributed by atoms with E-state index in [1.807, 2.05) is 6.92 Å². The molecular formula is C19H18ClFN2O. The Morgan fingerprint density at radius 3 is 2.38 bits per heavy atom. The molecular weight excluding hydrogens is 327 g/mol. The molecule has 0 bridgehead atoms. The molecule has 0 saturated heterocycles. The summed E-state index contributed by atoms with van der Waals surface area (Å²) >= 11 is 5.83. The smallest absolute Gasteiger partial charge is 0.209 e. The summed E-state index contributed by atoms with van der Waals surface area (Å²) in [6.45, 7) is 3.60. The first kappa shape index (κ1) is 18.0. The number of carbonyl (C=O) groups is 1. The minimum Gasteiger partial charge on any atom is -0.287 e. The number of Topliss-reactive ketones (excluding diaryl/α,β-unsaturated/α-hetero) is 1. The molecule has 0 aliphatic rings. The largest absolute Gasteiger partial charge is 0.287 e. The molecule has 0 aromatic heterocycles. The molecule has 0 fully saturated rings. The number of hydrogen-bond acceptors (Lipinski definition) is 3. The summed E-state index contributed by atoms with van der Waals surface area (Å²) < 4.78 is 13.6. The quantitative estimate of drug-likeness (QED) is 0.407. The van der Waals surface area contributed by atoms with Gasteiger partial charge in [-0.15, -0.1) is 0 Å². The van der Waals surface area contributed by atoms with E-state index in [9.17, 15) is 9.18 Å². The lowest BCUT2D eigenvalue weighted by Crippen LogP contribution is -2.13. The lowest BCUT2D eigenvalue weighted by atomic mass is 10.1. The van der Waals surface area contributed by atoms with Crippen LogP contribution in [0.4, 0.5) is 4.39 Å². The van der Waals surface area contributed by atoms with E-state index < -0.39 is 0 Å². The van der Waals surface area contributed by atoms with E-state index >= 15 is 0 Å². The first-order valence-corrected chi connectivity index (χ1v) is 8.02. The molecule has 24 heavy (non-hydrogen) atoms. The number of ketones is 1. The topological polar surface area (TPSA) is 41.8 Å². The van der Waals surface area contributed by atoms with Crippen molar-refractivity contribution in [3.05, 3.63) is 70.5 Å². The van der Waals surface area contributed by atoms with Crippen LogP contribution in [0.3, 0.4) is 0 Å². The summed E-state index contributed by atoms with van der Waals surface area (Å²) in [4.78, 5) is 12.4. The Hall–Kier alpha value is -2.33. The molecule has 0 radical (unpaired) electrons. The molecule has 0 amide bonds. The van der Waals surface area contributed by atoms with Crippen molar-refractivity contribution in [2.24, 2.45) is 10.2 Å². The maximum absolute atomic E-state index is 13.6. The minimum atomic E-state index is -0.274. The molecule has 3 nitrogen and oxygen atoms in total. The highest BCUT2D eigenvalue weighted by Crippen LogP contribution is 2.12. The van der Waals surface area contributed by atoms with Crippen molar-refractivity contribution in [2.75, 3.05) is 0 Å². The molecule has 0 saturated carbocycles. The van der Waals surface area contributed by atoms with E-state index in [0.717, 1.165) is 0 Å². The predicted octanol–water partition coefficient (Wildman–Crippen LogP) is 5.13. The van der Waals surface area contributed by atoms with Gasteiger partial charge in [0.1, 0.15) is 11.5 Å². The number of hydrogen-bond donors (Lipinski definition) is 0. The van der Waals surface area contributed by atoms with E-state index in [-0.39, 0.29) is 11.6 Å². The van der Waals surface area contributed by atoms with Crippen LogP contribution in [0.25, 0.3) is 0 Å². The van der Waals surface area contributed by atoms with Gasteiger partial charge >= 0.3 is 0 Å². The zero-order valence-electron chi connectivity index (χ0n) is 13.6. The Kier molecular flexibility index (Phi) is 6.38. The number of nitrogens with zero attached hydrogens (tertiary/aromatic N) is 2. The Morgan fingerprint density at radius 2 is 1.75 bits per heavy atom. The van der Waals surface area contributed by atoms with Crippen LogP contribution in [-0.2, 0) is 6.42 Å². The van der Waals surface area contributed by atoms with Gasteiger partial charge in [-0.25, -0.2) is 4.39 Å². The molecule has 0 aliphatic carbocycles. The lowest BCUT2D eigenvalue weighted by molar-refractivity contribution is 0.106. The third kappa shape index (κ3) is 4.83. The van der Waals surface area contributed by atoms with Crippen LogP contribution in [0, 0.1) is 5.82 Å². The predicted molar refractivity (Wildman–Crippen MR) is 96.7 cm³/mol. The van der Waals surface area contributed by atoms with Crippen LogP contribution in [0.5, 0.6) is 0 Å². The molecule has 5 heteroatoms. The summed E-state index contributed by atoms with van der Waals surface area (Å²) in [5, 5.41) is 8.72. The lowest BCUT2D eigenvalue weighted by Gasteiger charge is -2.03. The van der Waals surface area contributed by atoms with Crippen LogP contribution in [0.1, 0.15) is 36.2 Å². The average molecular weight is 345 g/mol. The monoisotopic (exact) mass is 344 g/mol. The van der Waals surface area contributed by atoms with Crippen LogP contribution in [-0.4, -0.2) is 17.2 Å². The Morgan fingerprint density at radius 1 is 1.08 bits per heavy atom. The minimum absolute atomic E-state index is 0.184. The number of benzene rings is 2. The van der Waals surface area contributed by atoms with Gasteiger partial charge in [0.25, 0.3) is 0 Å². The summed E-state index contributed by atoms with van der Waals surface area (Å²) in [5.41, 5.74) is 2.05. The van der Waals surface area contributed by atoms with Gasteiger partial charge in [-0.05, 0) is 49.2 Å². The fraction of sp³-hybridized carbons (Fsp3) is 0.211. The maximum atomic E-state index is 13.6. The van der Waals surface area contributed by atoms with Crippen molar-refractivity contribution in [1.29, 1.82) is 0 Å². The van der Waals surface area contributed by atoms with Gasteiger partial charge in [-0.2, -0.15) is 10.2 Å². The normalized spacial score (nSPS) is 12.3. The first-order chi connectivity index (χ1) is 11.5. The van der Waals surface area contributed by atoms with Crippen LogP contribution in [0.15, 0.2) is 58.7 Å². The highest BCUT2D eigenvalue weighted by Gasteiger charge is 2.12. The second kappa shape index (κ2) is 8.50. The number of rotatable bonds is 6. The molecule has 124 valence electrons. The van der Waals surface area contributed by atoms with Crippen molar-refractivity contribution in [2.45, 2.75) is 26.7 Å². The number of halogens is 2. The second-order valence-electron chi connectivity index (χ2n) is 5.34. The van der Waals surface area contributed by atoms with Gasteiger partial charge in [0.2, 0.25) is 5.78 Å². The highest BCUT2D eigenvalue weighted by molar-refractivity contribution is 6.46. The molecule has 0 aliphatic heterocycles. The molecule has 2 aromatic rings. The van der Waals surface area contributed by atoms with Crippen molar-refractivity contribution in [1.82, 2.24) is 0 Å².